The minimum Gasteiger partial charge on any atom is -0.487 e. The molecule has 1 aromatic heterocycles. The molecule has 1 aliphatic rings. The maximum atomic E-state index is 12.6. The van der Waals surface area contributed by atoms with Crippen molar-refractivity contribution in [3.63, 3.8) is 0 Å². The SMILES string of the molecule is CC(C)C(NC(=O)COc1cc2c(c3oc(=O)cc(-c4ccccc4)c13)CCC(C)(C)O2)C(=O)O. The van der Waals surface area contributed by atoms with Crippen molar-refractivity contribution in [2.24, 2.45) is 5.92 Å². The van der Waals surface area contributed by atoms with Gasteiger partial charge in [0, 0.05) is 23.3 Å². The number of hydrogen-bond donors (Lipinski definition) is 2. The number of carbonyl (C=O) groups excluding carboxylic acids is 1. The minimum atomic E-state index is -1.11. The second-order valence-corrected chi connectivity index (χ2v) is 9.68. The molecule has 4 rings (SSSR count). The molecule has 1 unspecified atom stereocenters. The first-order valence-electron chi connectivity index (χ1n) is 11.6. The van der Waals surface area contributed by atoms with E-state index in [0.29, 0.717) is 34.5 Å². The van der Waals surface area contributed by atoms with Gasteiger partial charge in [-0.05, 0) is 38.2 Å². The van der Waals surface area contributed by atoms with Crippen molar-refractivity contribution in [3.05, 3.63) is 58.4 Å². The molecule has 0 bridgehead atoms. The second-order valence-electron chi connectivity index (χ2n) is 9.68. The molecule has 1 amide bonds. The van der Waals surface area contributed by atoms with Crippen LogP contribution in [-0.4, -0.2) is 35.2 Å². The Morgan fingerprint density at radius 2 is 1.89 bits per heavy atom. The molecule has 3 aromatic rings. The molecule has 2 aromatic carbocycles. The molecule has 184 valence electrons. The Labute approximate surface area is 202 Å². The predicted octanol–water partition coefficient (Wildman–Crippen LogP) is 4.17. The average Bonchev–Trinajstić information content (AvgIpc) is 2.79. The van der Waals surface area contributed by atoms with Crippen molar-refractivity contribution in [2.75, 3.05) is 6.61 Å². The summed E-state index contributed by atoms with van der Waals surface area (Å²) in [5, 5.41) is 12.4. The van der Waals surface area contributed by atoms with E-state index in [9.17, 15) is 19.5 Å². The number of aryl methyl sites for hydroxylation is 1. The van der Waals surface area contributed by atoms with E-state index >= 15 is 0 Å². The van der Waals surface area contributed by atoms with Crippen molar-refractivity contribution in [3.8, 4) is 22.6 Å². The van der Waals surface area contributed by atoms with Gasteiger partial charge in [-0.15, -0.1) is 0 Å². The molecular formula is C27H29NO7. The quantitative estimate of drug-likeness (QED) is 0.489. The lowest BCUT2D eigenvalue weighted by Gasteiger charge is -2.33. The number of carboxylic acid groups (broad SMARTS) is 1. The van der Waals surface area contributed by atoms with Gasteiger partial charge >= 0.3 is 11.6 Å². The van der Waals surface area contributed by atoms with Crippen LogP contribution >= 0.6 is 0 Å². The van der Waals surface area contributed by atoms with Gasteiger partial charge in [0.2, 0.25) is 0 Å². The topological polar surface area (TPSA) is 115 Å². The molecule has 1 aliphatic heterocycles. The van der Waals surface area contributed by atoms with Gasteiger partial charge in [-0.1, -0.05) is 44.2 Å². The molecule has 0 fully saturated rings. The summed E-state index contributed by atoms with van der Waals surface area (Å²) in [7, 11) is 0. The maximum absolute atomic E-state index is 12.6. The van der Waals surface area contributed by atoms with E-state index in [1.54, 1.807) is 19.9 Å². The molecule has 0 saturated carbocycles. The zero-order chi connectivity index (χ0) is 25.3. The number of hydrogen-bond acceptors (Lipinski definition) is 6. The molecule has 0 spiro atoms. The highest BCUT2D eigenvalue weighted by Gasteiger charge is 2.31. The maximum Gasteiger partial charge on any atom is 0.336 e. The van der Waals surface area contributed by atoms with Crippen molar-refractivity contribution >= 4 is 22.8 Å². The van der Waals surface area contributed by atoms with E-state index in [1.807, 2.05) is 44.2 Å². The highest BCUT2D eigenvalue weighted by molar-refractivity contribution is 6.00. The standard InChI is InChI=1S/C27H29NO7/c1-15(2)24(26(31)32)28-21(29)14-33-20-13-19-17(10-11-27(3,4)35-19)25-23(20)18(12-22(30)34-25)16-8-6-5-7-9-16/h5-9,12-13,15,24H,10-11,14H2,1-4H3,(H,28,29)(H,31,32). The monoisotopic (exact) mass is 479 g/mol. The Morgan fingerprint density at radius 3 is 2.54 bits per heavy atom. The van der Waals surface area contributed by atoms with Crippen LogP contribution < -0.4 is 20.4 Å². The summed E-state index contributed by atoms with van der Waals surface area (Å²) in [6.45, 7) is 6.96. The van der Waals surface area contributed by atoms with E-state index in [0.717, 1.165) is 17.5 Å². The zero-order valence-corrected chi connectivity index (χ0v) is 20.2. The van der Waals surface area contributed by atoms with E-state index in [4.69, 9.17) is 13.9 Å². The van der Waals surface area contributed by atoms with Crippen molar-refractivity contribution < 1.29 is 28.6 Å². The second kappa shape index (κ2) is 9.44. The Kier molecular flexibility index (Phi) is 6.56. The fraction of sp³-hybridized carbons (Fsp3) is 0.370. The summed E-state index contributed by atoms with van der Waals surface area (Å²) in [5.41, 5.74) is 1.63. The van der Waals surface area contributed by atoms with Crippen molar-refractivity contribution in [2.45, 2.75) is 52.2 Å². The van der Waals surface area contributed by atoms with Crippen molar-refractivity contribution in [1.82, 2.24) is 5.32 Å². The lowest BCUT2D eigenvalue weighted by molar-refractivity contribution is -0.143. The van der Waals surface area contributed by atoms with Crippen molar-refractivity contribution in [1.29, 1.82) is 0 Å². The average molecular weight is 480 g/mol. The van der Waals surface area contributed by atoms with Gasteiger partial charge in [-0.2, -0.15) is 0 Å². The van der Waals surface area contributed by atoms with Crippen LogP contribution in [0.3, 0.4) is 0 Å². The number of fused-ring (bicyclic) bond motifs is 3. The first-order chi connectivity index (χ1) is 16.6. The van der Waals surface area contributed by atoms with Gasteiger partial charge in [0.1, 0.15) is 28.7 Å². The Balaban J connectivity index is 1.80. The molecule has 35 heavy (non-hydrogen) atoms. The molecule has 0 aliphatic carbocycles. The number of ether oxygens (including phenoxy) is 2. The number of carbonyl (C=O) groups is 2. The van der Waals surface area contributed by atoms with Gasteiger partial charge in [-0.25, -0.2) is 9.59 Å². The predicted molar refractivity (Wildman–Crippen MR) is 131 cm³/mol. The summed E-state index contributed by atoms with van der Waals surface area (Å²) in [6, 6.07) is 11.5. The molecule has 2 N–H and O–H groups in total. The van der Waals surface area contributed by atoms with E-state index in [-0.39, 0.29) is 5.92 Å². The summed E-state index contributed by atoms with van der Waals surface area (Å²) < 4.78 is 17.8. The van der Waals surface area contributed by atoms with E-state index < -0.39 is 35.8 Å². The van der Waals surface area contributed by atoms with Gasteiger partial charge in [0.15, 0.2) is 6.61 Å². The largest absolute Gasteiger partial charge is 0.487 e. The number of rotatable bonds is 7. The fourth-order valence-corrected chi connectivity index (χ4v) is 4.27. The van der Waals surface area contributed by atoms with Crippen LogP contribution in [-0.2, 0) is 16.0 Å². The van der Waals surface area contributed by atoms with Gasteiger partial charge in [0.25, 0.3) is 5.91 Å². The molecule has 8 heteroatoms. The minimum absolute atomic E-state index is 0.296. The molecule has 1 atom stereocenters. The lowest BCUT2D eigenvalue weighted by atomic mass is 9.91. The summed E-state index contributed by atoms with van der Waals surface area (Å²) >= 11 is 0. The molecule has 2 heterocycles. The highest BCUT2D eigenvalue weighted by Crippen LogP contribution is 2.44. The van der Waals surface area contributed by atoms with Gasteiger partial charge < -0.3 is 24.3 Å². The summed E-state index contributed by atoms with van der Waals surface area (Å²) in [4.78, 5) is 36.6. The Morgan fingerprint density at radius 1 is 1.17 bits per heavy atom. The molecule has 0 saturated heterocycles. The number of nitrogens with one attached hydrogen (secondary N) is 1. The third-order valence-corrected chi connectivity index (χ3v) is 6.10. The zero-order valence-electron chi connectivity index (χ0n) is 20.2. The third kappa shape index (κ3) is 5.16. The Hall–Kier alpha value is -3.81. The van der Waals surface area contributed by atoms with Crippen LogP contribution in [0.1, 0.15) is 39.7 Å². The van der Waals surface area contributed by atoms with Gasteiger partial charge in [0.05, 0.1) is 5.39 Å². The first-order valence-corrected chi connectivity index (χ1v) is 11.6. The molecular weight excluding hydrogens is 450 g/mol. The van der Waals surface area contributed by atoms with E-state index in [2.05, 4.69) is 5.32 Å². The van der Waals surface area contributed by atoms with Gasteiger partial charge in [-0.3, -0.25) is 4.79 Å². The smallest absolute Gasteiger partial charge is 0.336 e. The van der Waals surface area contributed by atoms with Crippen LogP contribution in [0.5, 0.6) is 11.5 Å². The van der Waals surface area contributed by atoms with Crippen LogP contribution in [0, 0.1) is 5.92 Å². The lowest BCUT2D eigenvalue weighted by Crippen LogP contribution is -2.46. The Bertz CT molecular complexity index is 1320. The normalized spacial score (nSPS) is 15.2. The van der Waals surface area contributed by atoms with E-state index in [1.165, 1.54) is 6.07 Å². The van der Waals surface area contributed by atoms with Crippen LogP contribution in [0.25, 0.3) is 22.1 Å². The number of amides is 1. The van der Waals surface area contributed by atoms with Crippen LogP contribution in [0.2, 0.25) is 0 Å². The van der Waals surface area contributed by atoms with Crippen LogP contribution in [0.15, 0.2) is 51.7 Å². The first kappa shape index (κ1) is 24.3. The number of carboxylic acids is 1. The summed E-state index contributed by atoms with van der Waals surface area (Å²) in [6.07, 6.45) is 1.39. The molecule has 8 nitrogen and oxygen atoms in total. The fourth-order valence-electron chi connectivity index (χ4n) is 4.27. The third-order valence-electron chi connectivity index (χ3n) is 6.10. The molecule has 0 radical (unpaired) electrons. The highest BCUT2D eigenvalue weighted by atomic mass is 16.5. The summed E-state index contributed by atoms with van der Waals surface area (Å²) in [5.74, 6) is -1.14. The van der Waals surface area contributed by atoms with Crippen LogP contribution in [0.4, 0.5) is 0 Å². The number of benzene rings is 2. The number of aliphatic carboxylic acids is 1.